The molecule has 19 heavy (non-hydrogen) atoms. The molecule has 1 aromatic heterocycles. The largest absolute Gasteiger partial charge is 0.369 e. The van der Waals surface area contributed by atoms with Gasteiger partial charge in [0, 0.05) is 31.0 Å². The minimum atomic E-state index is -0.156. The third-order valence-electron chi connectivity index (χ3n) is 3.98. The Labute approximate surface area is 114 Å². The maximum absolute atomic E-state index is 11.5. The van der Waals surface area contributed by atoms with Crippen LogP contribution in [0.25, 0.3) is 0 Å². The van der Waals surface area contributed by atoms with E-state index in [1.165, 1.54) is 6.42 Å². The van der Waals surface area contributed by atoms with Crippen LogP contribution >= 0.6 is 0 Å². The van der Waals surface area contributed by atoms with Gasteiger partial charge in [-0.25, -0.2) is 0 Å². The number of hydrogen-bond donors (Lipinski definition) is 2. The monoisotopic (exact) mass is 264 g/mol. The topological polar surface area (TPSA) is 72.9 Å². The molecule has 1 heterocycles. The zero-order chi connectivity index (χ0) is 13.7. The summed E-state index contributed by atoms with van der Waals surface area (Å²) >= 11 is 0. The van der Waals surface area contributed by atoms with Crippen LogP contribution in [0.1, 0.15) is 39.0 Å². The van der Waals surface area contributed by atoms with E-state index in [2.05, 4.69) is 17.3 Å². The predicted octanol–water partition coefficient (Wildman–Crippen LogP) is 1.30. The highest BCUT2D eigenvalue weighted by Crippen LogP contribution is 2.24. The van der Waals surface area contributed by atoms with Gasteiger partial charge in [-0.3, -0.25) is 9.48 Å². The molecular formula is C14H24N4O. The Hall–Kier alpha value is -1.36. The third kappa shape index (κ3) is 4.06. The molecule has 5 heteroatoms. The van der Waals surface area contributed by atoms with Crippen LogP contribution in [0.5, 0.6) is 0 Å². The molecule has 1 aliphatic rings. The number of primary amides is 1. The predicted molar refractivity (Wildman–Crippen MR) is 74.4 cm³/mol. The first kappa shape index (κ1) is 14.1. The van der Waals surface area contributed by atoms with Crippen molar-refractivity contribution in [3.8, 4) is 0 Å². The van der Waals surface area contributed by atoms with Gasteiger partial charge in [0.25, 0.3) is 0 Å². The van der Waals surface area contributed by atoms with Gasteiger partial charge in [0.2, 0.25) is 5.91 Å². The fourth-order valence-electron chi connectivity index (χ4n) is 2.88. The summed E-state index contributed by atoms with van der Waals surface area (Å²) in [6.07, 6.45) is 9.06. The number of rotatable bonds is 6. The number of hydrogen-bond acceptors (Lipinski definition) is 3. The summed E-state index contributed by atoms with van der Waals surface area (Å²) in [6.45, 7) is 3.06. The van der Waals surface area contributed by atoms with Crippen LogP contribution in [0, 0.1) is 5.92 Å². The van der Waals surface area contributed by atoms with E-state index in [4.69, 9.17) is 5.73 Å². The molecule has 5 nitrogen and oxygen atoms in total. The van der Waals surface area contributed by atoms with Crippen molar-refractivity contribution in [3.63, 3.8) is 0 Å². The molecule has 0 saturated heterocycles. The zero-order valence-electron chi connectivity index (χ0n) is 11.6. The number of amides is 1. The van der Waals surface area contributed by atoms with Crippen molar-refractivity contribution in [1.29, 1.82) is 0 Å². The summed E-state index contributed by atoms with van der Waals surface area (Å²) < 4.78 is 1.94. The van der Waals surface area contributed by atoms with E-state index in [-0.39, 0.29) is 17.9 Å². The van der Waals surface area contributed by atoms with Gasteiger partial charge in [-0.1, -0.05) is 12.8 Å². The minimum absolute atomic E-state index is 0.000836. The Bertz CT molecular complexity index is 390. The summed E-state index contributed by atoms with van der Waals surface area (Å²) in [5, 5.41) is 7.76. The van der Waals surface area contributed by atoms with Crippen molar-refractivity contribution in [1.82, 2.24) is 15.1 Å². The maximum Gasteiger partial charge on any atom is 0.222 e. The first-order chi connectivity index (χ1) is 9.16. The highest BCUT2D eigenvalue weighted by atomic mass is 16.1. The van der Waals surface area contributed by atoms with Crippen molar-refractivity contribution in [2.45, 2.75) is 57.7 Å². The lowest BCUT2D eigenvalue weighted by molar-refractivity contribution is -0.123. The lowest BCUT2D eigenvalue weighted by atomic mass is 9.83. The number of nitrogens with two attached hydrogens (primary N) is 1. The van der Waals surface area contributed by atoms with Crippen molar-refractivity contribution in [2.75, 3.05) is 0 Å². The summed E-state index contributed by atoms with van der Waals surface area (Å²) in [7, 11) is 0. The Kier molecular flexibility index (Phi) is 4.96. The highest BCUT2D eigenvalue weighted by Gasteiger charge is 2.29. The molecule has 106 valence electrons. The second-order valence-corrected chi connectivity index (χ2v) is 5.53. The van der Waals surface area contributed by atoms with E-state index in [1.807, 2.05) is 16.9 Å². The molecule has 0 aromatic carbocycles. The highest BCUT2D eigenvalue weighted by molar-refractivity contribution is 5.77. The number of nitrogens with zero attached hydrogens (tertiary/aromatic N) is 2. The SMILES string of the molecule is C[C@H](CCn1cccn1)N[C@@H]1CCCC[C@@H]1C(N)=O. The summed E-state index contributed by atoms with van der Waals surface area (Å²) in [6, 6.07) is 2.55. The quantitative estimate of drug-likeness (QED) is 0.813. The molecule has 0 unspecified atom stereocenters. The van der Waals surface area contributed by atoms with E-state index in [0.717, 1.165) is 32.2 Å². The van der Waals surface area contributed by atoms with Crippen LogP contribution in [0.15, 0.2) is 18.5 Å². The Morgan fingerprint density at radius 1 is 1.53 bits per heavy atom. The maximum atomic E-state index is 11.5. The Morgan fingerprint density at radius 2 is 2.32 bits per heavy atom. The summed E-state index contributed by atoms with van der Waals surface area (Å²) in [5.41, 5.74) is 5.49. The number of carbonyl (C=O) groups excluding carboxylic acids is 1. The summed E-state index contributed by atoms with van der Waals surface area (Å²) in [5.74, 6) is -0.155. The van der Waals surface area contributed by atoms with Crippen LogP contribution in [-0.2, 0) is 11.3 Å². The van der Waals surface area contributed by atoms with E-state index >= 15 is 0 Å². The van der Waals surface area contributed by atoms with Gasteiger partial charge < -0.3 is 11.1 Å². The van der Waals surface area contributed by atoms with Gasteiger partial charge >= 0.3 is 0 Å². The molecule has 1 aromatic rings. The third-order valence-corrected chi connectivity index (χ3v) is 3.98. The molecule has 1 saturated carbocycles. The Balaban J connectivity index is 1.79. The fourth-order valence-corrected chi connectivity index (χ4v) is 2.88. The average Bonchev–Trinajstić information content (AvgIpc) is 2.90. The molecule has 3 N–H and O–H groups in total. The first-order valence-electron chi connectivity index (χ1n) is 7.19. The number of aryl methyl sites for hydroxylation is 1. The standard InChI is InChI=1S/C14H24N4O/c1-11(7-10-18-9-4-8-16-18)17-13-6-3-2-5-12(13)14(15)19/h4,8-9,11-13,17H,2-3,5-7,10H2,1H3,(H2,15,19)/t11-,12+,13-/m1/s1. The molecular weight excluding hydrogens is 240 g/mol. The fraction of sp³-hybridized carbons (Fsp3) is 0.714. The number of nitrogens with one attached hydrogen (secondary N) is 1. The van der Waals surface area contributed by atoms with E-state index in [9.17, 15) is 4.79 Å². The van der Waals surface area contributed by atoms with Crippen LogP contribution < -0.4 is 11.1 Å². The molecule has 1 fully saturated rings. The normalized spacial score (nSPS) is 25.1. The summed E-state index contributed by atoms with van der Waals surface area (Å²) in [4.78, 5) is 11.5. The molecule has 3 atom stereocenters. The second-order valence-electron chi connectivity index (χ2n) is 5.53. The number of aromatic nitrogens is 2. The molecule has 2 rings (SSSR count). The van der Waals surface area contributed by atoms with Crippen LogP contribution in [-0.4, -0.2) is 27.8 Å². The van der Waals surface area contributed by atoms with Crippen LogP contribution in [0.4, 0.5) is 0 Å². The average molecular weight is 264 g/mol. The van der Waals surface area contributed by atoms with Gasteiger partial charge in [-0.15, -0.1) is 0 Å². The van der Waals surface area contributed by atoms with Gasteiger partial charge in [0.05, 0.1) is 5.92 Å². The smallest absolute Gasteiger partial charge is 0.222 e. The first-order valence-corrected chi connectivity index (χ1v) is 7.19. The van der Waals surface area contributed by atoms with Crippen LogP contribution in [0.3, 0.4) is 0 Å². The van der Waals surface area contributed by atoms with Gasteiger partial charge in [-0.2, -0.15) is 5.10 Å². The lowest BCUT2D eigenvalue weighted by Gasteiger charge is -2.32. The molecule has 1 aliphatic carbocycles. The lowest BCUT2D eigenvalue weighted by Crippen LogP contribution is -2.48. The Morgan fingerprint density at radius 3 is 3.00 bits per heavy atom. The molecule has 1 amide bonds. The van der Waals surface area contributed by atoms with Crippen molar-refractivity contribution >= 4 is 5.91 Å². The number of carbonyl (C=O) groups is 1. The molecule has 0 aliphatic heterocycles. The van der Waals surface area contributed by atoms with Gasteiger partial charge in [0.1, 0.15) is 0 Å². The zero-order valence-corrected chi connectivity index (χ0v) is 11.6. The molecule has 0 bridgehead atoms. The van der Waals surface area contributed by atoms with Gasteiger partial charge in [-0.05, 0) is 32.3 Å². The van der Waals surface area contributed by atoms with Crippen molar-refractivity contribution in [3.05, 3.63) is 18.5 Å². The van der Waals surface area contributed by atoms with Gasteiger partial charge in [0.15, 0.2) is 0 Å². The molecule has 0 spiro atoms. The van der Waals surface area contributed by atoms with Crippen molar-refractivity contribution < 1.29 is 4.79 Å². The van der Waals surface area contributed by atoms with Crippen LogP contribution in [0.2, 0.25) is 0 Å². The van der Waals surface area contributed by atoms with Crippen molar-refractivity contribution in [2.24, 2.45) is 11.7 Å². The molecule has 0 radical (unpaired) electrons. The van der Waals surface area contributed by atoms with E-state index < -0.39 is 0 Å². The van der Waals surface area contributed by atoms with E-state index in [0.29, 0.717) is 6.04 Å². The minimum Gasteiger partial charge on any atom is -0.369 e. The van der Waals surface area contributed by atoms with E-state index in [1.54, 1.807) is 6.20 Å². The second kappa shape index (κ2) is 6.70.